The van der Waals surface area contributed by atoms with Crippen LogP contribution in [0.3, 0.4) is 0 Å². The number of hydrogen-bond acceptors (Lipinski definition) is 2. The van der Waals surface area contributed by atoms with E-state index in [4.69, 9.17) is 4.74 Å². The van der Waals surface area contributed by atoms with Crippen LogP contribution in [-0.2, 0) is 9.53 Å². The van der Waals surface area contributed by atoms with Crippen LogP contribution in [0.5, 0.6) is 0 Å². The molecule has 1 heterocycles. The van der Waals surface area contributed by atoms with Gasteiger partial charge in [-0.05, 0) is 12.2 Å². The van der Waals surface area contributed by atoms with E-state index in [0.29, 0.717) is 0 Å². The van der Waals surface area contributed by atoms with Crippen molar-refractivity contribution in [3.05, 3.63) is 36.1 Å². The number of carbonyl (C=O) groups excluding carboxylic acids is 1. The molecule has 0 aromatic rings. The molecule has 0 bridgehead atoms. The molecule has 10 heavy (non-hydrogen) atoms. The van der Waals surface area contributed by atoms with Crippen LogP contribution in [0, 0.1) is 0 Å². The number of carbonyl (C=O) groups is 1. The highest BCUT2D eigenvalue weighted by atomic mass is 16.5. The summed E-state index contributed by atoms with van der Waals surface area (Å²) >= 11 is 0. The zero-order valence-corrected chi connectivity index (χ0v) is 5.28. The SMILES string of the molecule is O=C1C=CC2=CC=COC12. The third kappa shape index (κ3) is 0.620. The van der Waals surface area contributed by atoms with Crippen molar-refractivity contribution in [3.63, 3.8) is 0 Å². The Labute approximate surface area is 58.5 Å². The number of allylic oxidation sites excluding steroid dienone is 2. The summed E-state index contributed by atoms with van der Waals surface area (Å²) in [4.78, 5) is 10.9. The lowest BCUT2D eigenvalue weighted by Gasteiger charge is -2.12. The fraction of sp³-hybridized carbons (Fsp3) is 0.125. The third-order valence-corrected chi connectivity index (χ3v) is 1.58. The van der Waals surface area contributed by atoms with Crippen LogP contribution >= 0.6 is 0 Å². The first-order valence-corrected chi connectivity index (χ1v) is 3.12. The summed E-state index contributed by atoms with van der Waals surface area (Å²) < 4.78 is 5.05. The van der Waals surface area contributed by atoms with Gasteiger partial charge in [-0.3, -0.25) is 4.79 Å². The first-order valence-electron chi connectivity index (χ1n) is 3.12. The Morgan fingerprint density at radius 1 is 1.40 bits per heavy atom. The molecule has 1 aliphatic carbocycles. The van der Waals surface area contributed by atoms with Gasteiger partial charge in [-0.25, -0.2) is 0 Å². The molecular formula is C8H6O2. The minimum absolute atomic E-state index is 0.0376. The minimum atomic E-state index is -0.343. The molecule has 1 atom stereocenters. The van der Waals surface area contributed by atoms with Crippen LogP contribution in [0.4, 0.5) is 0 Å². The lowest BCUT2D eigenvalue weighted by molar-refractivity contribution is -0.120. The van der Waals surface area contributed by atoms with E-state index in [2.05, 4.69) is 0 Å². The van der Waals surface area contributed by atoms with E-state index < -0.39 is 0 Å². The van der Waals surface area contributed by atoms with Crippen LogP contribution in [-0.4, -0.2) is 11.9 Å². The van der Waals surface area contributed by atoms with Crippen molar-refractivity contribution >= 4 is 5.78 Å². The molecule has 1 unspecified atom stereocenters. The Morgan fingerprint density at radius 2 is 2.30 bits per heavy atom. The van der Waals surface area contributed by atoms with Gasteiger partial charge in [0.05, 0.1) is 6.26 Å². The number of fused-ring (bicyclic) bond motifs is 1. The third-order valence-electron chi connectivity index (χ3n) is 1.58. The van der Waals surface area contributed by atoms with Crippen molar-refractivity contribution in [2.45, 2.75) is 6.10 Å². The predicted molar refractivity (Wildman–Crippen MR) is 36.2 cm³/mol. The standard InChI is InChI=1S/C8H6O2/c9-7-4-3-6-2-1-5-10-8(6)7/h1-5,8H. The van der Waals surface area contributed by atoms with E-state index in [1.807, 2.05) is 6.08 Å². The van der Waals surface area contributed by atoms with Gasteiger partial charge in [0.25, 0.3) is 0 Å². The molecule has 50 valence electrons. The Kier molecular flexibility index (Phi) is 1.01. The summed E-state index contributed by atoms with van der Waals surface area (Å²) in [6.07, 6.45) is 8.20. The maximum Gasteiger partial charge on any atom is 0.200 e. The Hall–Kier alpha value is -1.31. The molecule has 2 nitrogen and oxygen atoms in total. The topological polar surface area (TPSA) is 26.3 Å². The summed E-state index contributed by atoms with van der Waals surface area (Å²) in [7, 11) is 0. The second kappa shape index (κ2) is 1.84. The molecule has 0 amide bonds. The van der Waals surface area contributed by atoms with Gasteiger partial charge < -0.3 is 4.74 Å². The van der Waals surface area contributed by atoms with Gasteiger partial charge in [-0.15, -0.1) is 0 Å². The summed E-state index contributed by atoms with van der Waals surface area (Å²) in [5, 5.41) is 0. The quantitative estimate of drug-likeness (QED) is 0.493. The van der Waals surface area contributed by atoms with E-state index in [-0.39, 0.29) is 11.9 Å². The fourth-order valence-corrected chi connectivity index (χ4v) is 1.08. The molecule has 2 rings (SSSR count). The Morgan fingerprint density at radius 3 is 3.10 bits per heavy atom. The second-order valence-electron chi connectivity index (χ2n) is 2.25. The number of hydrogen-bond donors (Lipinski definition) is 0. The van der Waals surface area contributed by atoms with Crippen LogP contribution in [0.1, 0.15) is 0 Å². The number of ketones is 1. The van der Waals surface area contributed by atoms with Crippen LogP contribution in [0.25, 0.3) is 0 Å². The second-order valence-corrected chi connectivity index (χ2v) is 2.25. The molecule has 2 heteroatoms. The van der Waals surface area contributed by atoms with Gasteiger partial charge in [0, 0.05) is 5.57 Å². The van der Waals surface area contributed by atoms with Crippen molar-refractivity contribution in [1.29, 1.82) is 0 Å². The van der Waals surface area contributed by atoms with E-state index in [0.717, 1.165) is 5.57 Å². The van der Waals surface area contributed by atoms with Crippen molar-refractivity contribution in [3.8, 4) is 0 Å². The van der Waals surface area contributed by atoms with Crippen molar-refractivity contribution in [2.24, 2.45) is 0 Å². The van der Waals surface area contributed by atoms with Crippen LogP contribution in [0.2, 0.25) is 0 Å². The highest BCUT2D eigenvalue weighted by Crippen LogP contribution is 2.20. The molecule has 0 N–H and O–H groups in total. The van der Waals surface area contributed by atoms with Crippen molar-refractivity contribution < 1.29 is 9.53 Å². The zero-order chi connectivity index (χ0) is 6.97. The van der Waals surface area contributed by atoms with Gasteiger partial charge in [-0.2, -0.15) is 0 Å². The number of ether oxygens (including phenoxy) is 1. The normalized spacial score (nSPS) is 27.8. The zero-order valence-electron chi connectivity index (χ0n) is 5.28. The summed E-state index contributed by atoms with van der Waals surface area (Å²) in [5.41, 5.74) is 0.951. The van der Waals surface area contributed by atoms with Crippen LogP contribution in [0.15, 0.2) is 36.1 Å². The Balaban J connectivity index is 2.39. The largest absolute Gasteiger partial charge is 0.485 e. The lowest BCUT2D eigenvalue weighted by atomic mass is 10.1. The minimum Gasteiger partial charge on any atom is -0.485 e. The fourth-order valence-electron chi connectivity index (χ4n) is 1.08. The van der Waals surface area contributed by atoms with Crippen LogP contribution < -0.4 is 0 Å². The smallest absolute Gasteiger partial charge is 0.200 e. The van der Waals surface area contributed by atoms with Gasteiger partial charge in [0.1, 0.15) is 0 Å². The van der Waals surface area contributed by atoms with Gasteiger partial charge in [-0.1, -0.05) is 12.2 Å². The van der Waals surface area contributed by atoms with E-state index in [9.17, 15) is 4.79 Å². The van der Waals surface area contributed by atoms with E-state index in [1.54, 1.807) is 24.5 Å². The Bertz CT molecular complexity index is 258. The molecule has 0 saturated heterocycles. The molecule has 2 aliphatic rings. The molecular weight excluding hydrogens is 128 g/mol. The van der Waals surface area contributed by atoms with Gasteiger partial charge in [0.15, 0.2) is 6.10 Å². The van der Waals surface area contributed by atoms with Gasteiger partial charge in [0.2, 0.25) is 5.78 Å². The molecule has 1 aliphatic heterocycles. The highest BCUT2D eigenvalue weighted by molar-refractivity contribution is 6.00. The first-order chi connectivity index (χ1) is 4.88. The van der Waals surface area contributed by atoms with Crippen molar-refractivity contribution in [2.75, 3.05) is 0 Å². The maximum atomic E-state index is 10.9. The predicted octanol–water partition coefficient (Wildman–Crippen LogP) is 0.964. The summed E-state index contributed by atoms with van der Waals surface area (Å²) in [6.45, 7) is 0. The lowest BCUT2D eigenvalue weighted by Crippen LogP contribution is -2.18. The highest BCUT2D eigenvalue weighted by Gasteiger charge is 2.25. The molecule has 0 saturated carbocycles. The van der Waals surface area contributed by atoms with Gasteiger partial charge >= 0.3 is 0 Å². The molecule has 0 fully saturated rings. The number of rotatable bonds is 0. The van der Waals surface area contributed by atoms with Crippen molar-refractivity contribution in [1.82, 2.24) is 0 Å². The molecule has 0 aromatic heterocycles. The molecule has 0 spiro atoms. The van der Waals surface area contributed by atoms with E-state index >= 15 is 0 Å². The monoisotopic (exact) mass is 134 g/mol. The molecule has 0 aromatic carbocycles. The van der Waals surface area contributed by atoms with E-state index in [1.165, 1.54) is 0 Å². The maximum absolute atomic E-state index is 10.9. The average Bonchev–Trinajstić information content (AvgIpc) is 2.34. The average molecular weight is 134 g/mol. The summed E-state index contributed by atoms with van der Waals surface area (Å²) in [6, 6.07) is 0. The first kappa shape index (κ1) is 5.47. The summed E-state index contributed by atoms with van der Waals surface area (Å²) in [5.74, 6) is 0.0376. The molecule has 0 radical (unpaired) electrons.